The third-order valence-electron chi connectivity index (χ3n) is 2.36. The molecule has 0 bridgehead atoms. The number of carbonyl (C=O) groups excluding carboxylic acids is 1. The van der Waals surface area contributed by atoms with Gasteiger partial charge in [-0.25, -0.2) is 4.39 Å². The van der Waals surface area contributed by atoms with E-state index in [1.165, 1.54) is 12.1 Å². The Morgan fingerprint density at radius 3 is 2.59 bits per heavy atom. The van der Waals surface area contributed by atoms with Crippen molar-refractivity contribution in [2.24, 2.45) is 11.1 Å². The molecule has 1 aromatic carbocycles. The van der Waals surface area contributed by atoms with Gasteiger partial charge in [0.25, 0.3) is 0 Å². The molecule has 0 aliphatic carbocycles. The summed E-state index contributed by atoms with van der Waals surface area (Å²) in [6.45, 7) is 3.20. The number of anilines is 1. The number of thiocarbonyl (C=S) groups is 1. The molecule has 0 heterocycles. The zero-order valence-electron chi connectivity index (χ0n) is 9.38. The number of benzene rings is 1. The quantitative estimate of drug-likeness (QED) is 0.834. The summed E-state index contributed by atoms with van der Waals surface area (Å²) >= 11 is 10.6. The van der Waals surface area contributed by atoms with Crippen LogP contribution in [-0.4, -0.2) is 10.9 Å². The smallest absolute Gasteiger partial charge is 0.236 e. The molecule has 0 saturated carbocycles. The van der Waals surface area contributed by atoms with Crippen molar-refractivity contribution >= 4 is 40.4 Å². The van der Waals surface area contributed by atoms with Crippen molar-refractivity contribution in [3.05, 3.63) is 29.0 Å². The topological polar surface area (TPSA) is 55.1 Å². The number of carbonyl (C=O) groups is 1. The third kappa shape index (κ3) is 3.14. The van der Waals surface area contributed by atoms with Gasteiger partial charge in [-0.2, -0.15) is 0 Å². The van der Waals surface area contributed by atoms with Crippen LogP contribution in [0.3, 0.4) is 0 Å². The molecule has 1 amide bonds. The molecule has 0 atom stereocenters. The van der Waals surface area contributed by atoms with E-state index >= 15 is 0 Å². The van der Waals surface area contributed by atoms with E-state index in [0.29, 0.717) is 5.69 Å². The first kappa shape index (κ1) is 13.9. The number of rotatable bonds is 3. The summed E-state index contributed by atoms with van der Waals surface area (Å²) in [4.78, 5) is 12.0. The first-order chi connectivity index (χ1) is 7.75. The molecule has 0 aliphatic heterocycles. The summed E-state index contributed by atoms with van der Waals surface area (Å²) in [5, 5.41) is 2.68. The second kappa shape index (κ2) is 4.98. The highest BCUT2D eigenvalue weighted by Crippen LogP contribution is 2.25. The minimum atomic E-state index is -0.993. The summed E-state index contributed by atoms with van der Waals surface area (Å²) in [5.41, 5.74) is 4.79. The summed E-state index contributed by atoms with van der Waals surface area (Å²) < 4.78 is 12.8. The lowest BCUT2D eigenvalue weighted by Crippen LogP contribution is -2.41. The first-order valence-electron chi connectivity index (χ1n) is 4.81. The zero-order valence-corrected chi connectivity index (χ0v) is 11.0. The van der Waals surface area contributed by atoms with Crippen molar-refractivity contribution in [3.63, 3.8) is 0 Å². The number of halogens is 2. The number of nitrogens with two attached hydrogens (primary N) is 1. The molecular weight excluding hydrogens is 263 g/mol. The van der Waals surface area contributed by atoms with E-state index in [1.54, 1.807) is 13.8 Å². The van der Waals surface area contributed by atoms with Crippen molar-refractivity contribution in [2.45, 2.75) is 13.8 Å². The lowest BCUT2D eigenvalue weighted by Gasteiger charge is -2.22. The van der Waals surface area contributed by atoms with E-state index in [4.69, 9.17) is 29.6 Å². The van der Waals surface area contributed by atoms with E-state index < -0.39 is 17.1 Å². The minimum absolute atomic E-state index is 0.0771. The average molecular weight is 275 g/mol. The molecule has 0 spiro atoms. The molecule has 0 fully saturated rings. The Morgan fingerprint density at radius 1 is 1.53 bits per heavy atom. The maximum Gasteiger partial charge on any atom is 0.236 e. The van der Waals surface area contributed by atoms with Crippen LogP contribution in [0.1, 0.15) is 13.8 Å². The van der Waals surface area contributed by atoms with Gasteiger partial charge >= 0.3 is 0 Å². The van der Waals surface area contributed by atoms with Crippen molar-refractivity contribution in [1.29, 1.82) is 0 Å². The summed E-state index contributed by atoms with van der Waals surface area (Å²) in [6, 6.07) is 3.70. The Balaban J connectivity index is 2.92. The molecule has 6 heteroatoms. The van der Waals surface area contributed by atoms with Gasteiger partial charge in [0.05, 0.1) is 21.1 Å². The molecule has 1 rings (SSSR count). The fourth-order valence-electron chi connectivity index (χ4n) is 0.981. The summed E-state index contributed by atoms with van der Waals surface area (Å²) in [6.07, 6.45) is 0. The largest absolute Gasteiger partial charge is 0.392 e. The summed E-state index contributed by atoms with van der Waals surface area (Å²) in [5.74, 6) is -0.861. The van der Waals surface area contributed by atoms with Crippen LogP contribution in [0.15, 0.2) is 18.2 Å². The molecule has 0 aliphatic rings. The Labute approximate surface area is 109 Å². The van der Waals surface area contributed by atoms with Crippen LogP contribution in [0, 0.1) is 11.2 Å². The van der Waals surface area contributed by atoms with E-state index in [1.807, 2.05) is 0 Å². The number of hydrogen-bond acceptors (Lipinski definition) is 2. The lowest BCUT2D eigenvalue weighted by molar-refractivity contribution is -0.121. The van der Waals surface area contributed by atoms with E-state index in [2.05, 4.69) is 5.32 Å². The van der Waals surface area contributed by atoms with Gasteiger partial charge in [-0.3, -0.25) is 4.79 Å². The highest BCUT2D eigenvalue weighted by Gasteiger charge is 2.31. The number of nitrogens with one attached hydrogen (secondary N) is 1. The Bertz CT molecular complexity index is 477. The number of amides is 1. The van der Waals surface area contributed by atoms with Gasteiger partial charge in [0.1, 0.15) is 5.82 Å². The molecular formula is C11H12ClFN2OS. The maximum absolute atomic E-state index is 12.8. The van der Waals surface area contributed by atoms with Crippen LogP contribution in [0.4, 0.5) is 10.1 Å². The molecule has 0 radical (unpaired) electrons. The highest BCUT2D eigenvalue weighted by atomic mass is 35.5. The van der Waals surface area contributed by atoms with Gasteiger partial charge in [-0.05, 0) is 32.0 Å². The highest BCUT2D eigenvalue weighted by molar-refractivity contribution is 7.80. The van der Waals surface area contributed by atoms with Crippen LogP contribution in [-0.2, 0) is 4.79 Å². The van der Waals surface area contributed by atoms with Crippen molar-refractivity contribution in [2.75, 3.05) is 5.32 Å². The van der Waals surface area contributed by atoms with Gasteiger partial charge in [-0.1, -0.05) is 23.8 Å². The van der Waals surface area contributed by atoms with E-state index in [9.17, 15) is 9.18 Å². The SMILES string of the molecule is CC(C)(C(=O)Nc1ccc(F)cc1Cl)C(N)=S. The Hall–Kier alpha value is -1.20. The molecule has 0 unspecified atom stereocenters. The zero-order chi connectivity index (χ0) is 13.2. The van der Waals surface area contributed by atoms with E-state index in [0.717, 1.165) is 6.07 Å². The van der Waals surface area contributed by atoms with Crippen molar-refractivity contribution < 1.29 is 9.18 Å². The minimum Gasteiger partial charge on any atom is -0.392 e. The van der Waals surface area contributed by atoms with Crippen LogP contribution in [0.5, 0.6) is 0 Å². The lowest BCUT2D eigenvalue weighted by atomic mass is 9.92. The fraction of sp³-hybridized carbons (Fsp3) is 0.273. The van der Waals surface area contributed by atoms with Gasteiger partial charge in [0.2, 0.25) is 5.91 Å². The first-order valence-corrected chi connectivity index (χ1v) is 5.60. The van der Waals surface area contributed by atoms with Gasteiger partial charge in [-0.15, -0.1) is 0 Å². The van der Waals surface area contributed by atoms with Crippen LogP contribution < -0.4 is 11.1 Å². The molecule has 92 valence electrons. The third-order valence-corrected chi connectivity index (χ3v) is 3.19. The Kier molecular flexibility index (Phi) is 4.06. The average Bonchev–Trinajstić information content (AvgIpc) is 2.21. The van der Waals surface area contributed by atoms with Gasteiger partial charge < -0.3 is 11.1 Å². The van der Waals surface area contributed by atoms with Crippen molar-refractivity contribution in [1.82, 2.24) is 0 Å². The molecule has 0 saturated heterocycles. The van der Waals surface area contributed by atoms with Crippen LogP contribution in [0.25, 0.3) is 0 Å². The maximum atomic E-state index is 12.8. The molecule has 1 aromatic rings. The van der Waals surface area contributed by atoms with Gasteiger partial charge in [0.15, 0.2) is 0 Å². The number of hydrogen-bond donors (Lipinski definition) is 2. The molecule has 17 heavy (non-hydrogen) atoms. The Morgan fingerprint density at radius 2 is 2.12 bits per heavy atom. The van der Waals surface area contributed by atoms with E-state index in [-0.39, 0.29) is 10.0 Å². The molecule has 3 N–H and O–H groups in total. The van der Waals surface area contributed by atoms with Gasteiger partial charge in [0, 0.05) is 0 Å². The standard InChI is InChI=1S/C11H12ClFN2OS/c1-11(2,9(14)17)10(16)15-8-4-3-6(13)5-7(8)12/h3-5H,1-2H3,(H2,14,17)(H,15,16). The van der Waals surface area contributed by atoms with Crippen LogP contribution >= 0.6 is 23.8 Å². The molecule has 0 aromatic heterocycles. The second-order valence-corrected chi connectivity index (χ2v) is 4.91. The fourth-order valence-corrected chi connectivity index (χ4v) is 1.29. The predicted molar refractivity (Wildman–Crippen MR) is 70.6 cm³/mol. The second-order valence-electron chi connectivity index (χ2n) is 4.07. The van der Waals surface area contributed by atoms with Crippen molar-refractivity contribution in [3.8, 4) is 0 Å². The predicted octanol–water partition coefficient (Wildman–Crippen LogP) is 2.73. The molecule has 3 nitrogen and oxygen atoms in total. The summed E-state index contributed by atoms with van der Waals surface area (Å²) in [7, 11) is 0. The van der Waals surface area contributed by atoms with Crippen LogP contribution in [0.2, 0.25) is 5.02 Å². The monoisotopic (exact) mass is 274 g/mol. The normalized spacial score (nSPS) is 11.1.